The Bertz CT molecular complexity index is 478. The number of nitrogens with one attached hydrogen (secondary N) is 2. The van der Waals surface area contributed by atoms with Crippen LogP contribution in [0.4, 0.5) is 0 Å². The Morgan fingerprint density at radius 2 is 1.71 bits per heavy atom. The van der Waals surface area contributed by atoms with Crippen molar-refractivity contribution in [2.45, 2.75) is 38.3 Å². The molecule has 3 atom stereocenters. The molecule has 2 N–H and O–H groups in total. The number of fused-ring (bicyclic) bond motifs is 2. The minimum Gasteiger partial charge on any atom is -0.323 e. The van der Waals surface area contributed by atoms with E-state index in [1.807, 2.05) is 4.90 Å². The van der Waals surface area contributed by atoms with Crippen molar-refractivity contribution < 1.29 is 9.80 Å². The molecular weight excluding hydrogens is 324 g/mol. The van der Waals surface area contributed by atoms with Crippen LogP contribution in [0.2, 0.25) is 0 Å². The van der Waals surface area contributed by atoms with Gasteiger partial charge in [0.1, 0.15) is 32.7 Å². The predicted molar refractivity (Wildman–Crippen MR) is 88.5 cm³/mol. The molecule has 1 aromatic carbocycles. The first kappa shape index (κ1) is 14.2. The largest absolute Gasteiger partial charge is 0.323 e. The van der Waals surface area contributed by atoms with Gasteiger partial charge in [0.2, 0.25) is 0 Å². The van der Waals surface area contributed by atoms with Gasteiger partial charge >= 0.3 is 0 Å². The van der Waals surface area contributed by atoms with Crippen molar-refractivity contribution in [2.75, 3.05) is 26.2 Å². The Kier molecular flexibility index (Phi) is 4.08. The number of hydrogen-bond acceptors (Lipinski definition) is 0. The van der Waals surface area contributed by atoms with Crippen molar-refractivity contribution >= 4 is 15.9 Å². The monoisotopic (exact) mass is 350 g/mol. The maximum absolute atomic E-state index is 3.52. The van der Waals surface area contributed by atoms with Gasteiger partial charge in [0.15, 0.2) is 0 Å². The van der Waals surface area contributed by atoms with Crippen LogP contribution in [0.3, 0.4) is 0 Å². The molecule has 114 valence electrons. The number of benzene rings is 1. The summed E-state index contributed by atoms with van der Waals surface area (Å²) in [6, 6.07) is 9.91. The van der Waals surface area contributed by atoms with Crippen molar-refractivity contribution in [2.24, 2.45) is 11.8 Å². The first-order valence-electron chi connectivity index (χ1n) is 8.70. The fraction of sp³-hybridized carbons (Fsp3) is 0.667. The molecule has 0 spiro atoms. The van der Waals surface area contributed by atoms with Gasteiger partial charge < -0.3 is 9.80 Å². The standard InChI is InChI=1S/C18H25BrN2/c19-17-5-2-14(3-6-17)13-20-7-9-21(10-8-20)18-12-15-1-4-16(18)11-15/h2-3,5-6,15-16,18H,1,4,7-13H2/p+2/t15-,16+,18-/m1/s1. The molecule has 3 fully saturated rings. The average molecular weight is 351 g/mol. The molecule has 2 saturated carbocycles. The van der Waals surface area contributed by atoms with Crippen molar-refractivity contribution in [3.63, 3.8) is 0 Å². The highest BCUT2D eigenvalue weighted by Gasteiger charge is 2.45. The molecule has 4 rings (SSSR count). The van der Waals surface area contributed by atoms with Crippen LogP contribution >= 0.6 is 15.9 Å². The number of quaternary nitrogens is 2. The van der Waals surface area contributed by atoms with Crippen LogP contribution in [0, 0.1) is 11.8 Å². The van der Waals surface area contributed by atoms with E-state index in [1.54, 1.807) is 17.7 Å². The lowest BCUT2D eigenvalue weighted by Gasteiger charge is -2.36. The highest BCUT2D eigenvalue weighted by atomic mass is 79.9. The van der Waals surface area contributed by atoms with Crippen LogP contribution < -0.4 is 9.80 Å². The normalized spacial score (nSPS) is 38.8. The molecule has 0 aromatic heterocycles. The molecule has 2 aliphatic carbocycles. The van der Waals surface area contributed by atoms with E-state index in [1.165, 1.54) is 55.6 Å². The molecule has 2 nitrogen and oxygen atoms in total. The molecule has 0 amide bonds. The minimum atomic E-state index is 1.03. The molecular formula is C18H27BrN2+2. The van der Waals surface area contributed by atoms with Crippen LogP contribution in [-0.4, -0.2) is 32.2 Å². The Balaban J connectivity index is 1.29. The van der Waals surface area contributed by atoms with Crippen molar-refractivity contribution in [3.05, 3.63) is 34.3 Å². The van der Waals surface area contributed by atoms with E-state index in [0.717, 1.165) is 17.9 Å². The molecule has 1 aliphatic heterocycles. The molecule has 21 heavy (non-hydrogen) atoms. The third kappa shape index (κ3) is 3.06. The fourth-order valence-electron chi connectivity index (χ4n) is 5.11. The summed E-state index contributed by atoms with van der Waals surface area (Å²) in [6.07, 6.45) is 6.18. The highest BCUT2D eigenvalue weighted by molar-refractivity contribution is 9.10. The molecule has 1 aromatic rings. The smallest absolute Gasteiger partial charge is 0.127 e. The van der Waals surface area contributed by atoms with Crippen LogP contribution in [0.15, 0.2) is 28.7 Å². The van der Waals surface area contributed by atoms with Crippen LogP contribution in [0.1, 0.15) is 31.2 Å². The van der Waals surface area contributed by atoms with E-state index in [-0.39, 0.29) is 0 Å². The number of piperazine rings is 1. The zero-order chi connectivity index (χ0) is 14.2. The van der Waals surface area contributed by atoms with Crippen LogP contribution in [0.25, 0.3) is 0 Å². The maximum Gasteiger partial charge on any atom is 0.127 e. The van der Waals surface area contributed by atoms with Crippen molar-refractivity contribution in [1.82, 2.24) is 0 Å². The predicted octanol–water partition coefficient (Wildman–Crippen LogP) is 0.921. The van der Waals surface area contributed by atoms with Gasteiger partial charge in [-0.1, -0.05) is 28.1 Å². The number of halogens is 1. The Morgan fingerprint density at radius 3 is 2.33 bits per heavy atom. The van der Waals surface area contributed by atoms with E-state index in [0.29, 0.717) is 0 Å². The molecule has 1 heterocycles. The lowest BCUT2D eigenvalue weighted by atomic mass is 9.93. The van der Waals surface area contributed by atoms with Crippen LogP contribution in [0.5, 0.6) is 0 Å². The molecule has 0 radical (unpaired) electrons. The first-order chi connectivity index (χ1) is 10.3. The van der Waals surface area contributed by atoms with Gasteiger partial charge in [-0.3, -0.25) is 0 Å². The quantitative estimate of drug-likeness (QED) is 0.802. The number of hydrogen-bond donors (Lipinski definition) is 2. The Morgan fingerprint density at radius 1 is 0.952 bits per heavy atom. The van der Waals surface area contributed by atoms with Gasteiger partial charge in [0, 0.05) is 22.4 Å². The van der Waals surface area contributed by atoms with E-state index < -0.39 is 0 Å². The molecule has 0 unspecified atom stereocenters. The lowest BCUT2D eigenvalue weighted by Crippen LogP contribution is -3.29. The molecule has 2 bridgehead atoms. The molecule has 3 aliphatic rings. The van der Waals surface area contributed by atoms with Gasteiger partial charge in [-0.2, -0.15) is 0 Å². The Hall–Kier alpha value is -0.380. The minimum absolute atomic E-state index is 1.03. The van der Waals surface area contributed by atoms with Gasteiger partial charge in [-0.25, -0.2) is 0 Å². The van der Waals surface area contributed by atoms with Crippen LogP contribution in [-0.2, 0) is 6.54 Å². The van der Waals surface area contributed by atoms with Crippen molar-refractivity contribution in [1.29, 1.82) is 0 Å². The summed E-state index contributed by atoms with van der Waals surface area (Å²) >= 11 is 3.52. The van der Waals surface area contributed by atoms with Gasteiger partial charge in [-0.05, 0) is 37.3 Å². The SMILES string of the molecule is Brc1ccc(C[NH+]2CC[NH+]([C@@H]3C[C@@H]4CC[C@H]3C4)CC2)cc1. The first-order valence-corrected chi connectivity index (χ1v) is 9.50. The third-order valence-electron chi connectivity index (χ3n) is 6.23. The molecule has 1 saturated heterocycles. The van der Waals surface area contributed by atoms with Gasteiger partial charge in [-0.15, -0.1) is 0 Å². The Labute approximate surface area is 136 Å². The van der Waals surface area contributed by atoms with Gasteiger partial charge in [0.25, 0.3) is 0 Å². The summed E-state index contributed by atoms with van der Waals surface area (Å²) in [5.41, 5.74) is 1.48. The summed E-state index contributed by atoms with van der Waals surface area (Å²) in [4.78, 5) is 3.73. The summed E-state index contributed by atoms with van der Waals surface area (Å²) < 4.78 is 1.19. The second-order valence-electron chi connectivity index (χ2n) is 7.49. The summed E-state index contributed by atoms with van der Waals surface area (Å²) in [5.74, 6) is 2.18. The van der Waals surface area contributed by atoms with Gasteiger partial charge in [0.05, 0.1) is 6.04 Å². The summed E-state index contributed by atoms with van der Waals surface area (Å²) in [7, 11) is 0. The lowest BCUT2D eigenvalue weighted by molar-refractivity contribution is -1.03. The van der Waals surface area contributed by atoms with E-state index in [4.69, 9.17) is 0 Å². The van der Waals surface area contributed by atoms with E-state index >= 15 is 0 Å². The van der Waals surface area contributed by atoms with Crippen molar-refractivity contribution in [3.8, 4) is 0 Å². The third-order valence-corrected chi connectivity index (χ3v) is 6.76. The second kappa shape index (κ2) is 6.02. The zero-order valence-electron chi connectivity index (χ0n) is 12.8. The van der Waals surface area contributed by atoms with E-state index in [9.17, 15) is 0 Å². The second-order valence-corrected chi connectivity index (χ2v) is 8.41. The number of rotatable bonds is 3. The maximum atomic E-state index is 3.52. The highest BCUT2D eigenvalue weighted by Crippen LogP contribution is 2.43. The molecule has 3 heteroatoms. The summed E-state index contributed by atoms with van der Waals surface area (Å²) in [6.45, 7) is 6.73. The fourth-order valence-corrected chi connectivity index (χ4v) is 5.37. The zero-order valence-corrected chi connectivity index (χ0v) is 14.4. The summed E-state index contributed by atoms with van der Waals surface area (Å²) in [5, 5.41) is 0. The van der Waals surface area contributed by atoms with E-state index in [2.05, 4.69) is 40.2 Å². The topological polar surface area (TPSA) is 8.88 Å². The average Bonchev–Trinajstić information content (AvgIpc) is 3.13.